The Morgan fingerprint density at radius 1 is 1.26 bits per heavy atom. The molecule has 5 heteroatoms. The lowest BCUT2D eigenvalue weighted by Gasteiger charge is -2.06. The summed E-state index contributed by atoms with van der Waals surface area (Å²) in [7, 11) is 0. The lowest BCUT2D eigenvalue weighted by molar-refractivity contribution is 0.100. The molecule has 2 aromatic heterocycles. The van der Waals surface area contributed by atoms with E-state index in [1.807, 2.05) is 24.3 Å². The highest BCUT2D eigenvalue weighted by Crippen LogP contribution is 2.33. The quantitative estimate of drug-likeness (QED) is 0.588. The first kappa shape index (κ1) is 14.3. The van der Waals surface area contributed by atoms with Gasteiger partial charge in [0.15, 0.2) is 0 Å². The Hall–Kier alpha value is -2.30. The number of nitrogens with zero attached hydrogens (tertiary/aromatic N) is 1. The summed E-state index contributed by atoms with van der Waals surface area (Å²) in [4.78, 5) is 13.1. The van der Waals surface area contributed by atoms with Crippen molar-refractivity contribution in [3.8, 4) is 0 Å². The van der Waals surface area contributed by atoms with Crippen LogP contribution in [0.15, 0.2) is 47.8 Å². The molecule has 4 aromatic rings. The van der Waals surface area contributed by atoms with Gasteiger partial charge in [-0.3, -0.25) is 4.79 Å². The molecule has 2 heterocycles. The molecule has 0 saturated heterocycles. The van der Waals surface area contributed by atoms with E-state index in [1.54, 1.807) is 23.5 Å². The zero-order valence-corrected chi connectivity index (χ0v) is 13.6. The van der Waals surface area contributed by atoms with Crippen molar-refractivity contribution in [3.05, 3.63) is 69.4 Å². The molecule has 23 heavy (non-hydrogen) atoms. The number of carbonyl (C=O) groups excluding carboxylic acids is 1. The molecule has 0 atom stereocenters. The summed E-state index contributed by atoms with van der Waals surface area (Å²) in [6.45, 7) is 0.716. The van der Waals surface area contributed by atoms with Crippen molar-refractivity contribution in [2.75, 3.05) is 0 Å². The summed E-state index contributed by atoms with van der Waals surface area (Å²) < 4.78 is 2.16. The van der Waals surface area contributed by atoms with Gasteiger partial charge in [0.2, 0.25) is 5.91 Å². The van der Waals surface area contributed by atoms with Crippen LogP contribution in [0, 0.1) is 6.07 Å². The van der Waals surface area contributed by atoms with Crippen molar-refractivity contribution in [3.63, 3.8) is 0 Å². The summed E-state index contributed by atoms with van der Waals surface area (Å²) in [5.74, 6) is -0.436. The highest BCUT2D eigenvalue weighted by molar-refractivity contribution is 7.09. The van der Waals surface area contributed by atoms with Gasteiger partial charge in [0.25, 0.3) is 0 Å². The van der Waals surface area contributed by atoms with E-state index < -0.39 is 5.91 Å². The fourth-order valence-corrected chi connectivity index (χ4v) is 3.81. The van der Waals surface area contributed by atoms with Crippen molar-refractivity contribution in [2.45, 2.75) is 6.54 Å². The van der Waals surface area contributed by atoms with Gasteiger partial charge in [0.1, 0.15) is 0 Å². The zero-order chi connectivity index (χ0) is 16.0. The maximum Gasteiger partial charge on any atom is 0.249 e. The monoisotopic (exact) mass is 339 g/mol. The Morgan fingerprint density at radius 3 is 2.87 bits per heavy atom. The standard InChI is InChI=1S/C18H12ClN2OS/c19-11-6-7-13-16(9-11)21(10-12-3-2-8-23-12)15-5-1-4-14(17(13)15)18(20)22/h1-6,8-9H,10H2,(H2,20,22). The van der Waals surface area contributed by atoms with Crippen LogP contribution < -0.4 is 5.73 Å². The van der Waals surface area contributed by atoms with Crippen LogP contribution in [0.3, 0.4) is 0 Å². The molecule has 0 bridgehead atoms. The molecule has 3 nitrogen and oxygen atoms in total. The molecule has 113 valence electrons. The molecule has 0 aliphatic rings. The molecule has 0 aliphatic heterocycles. The number of halogens is 1. The van der Waals surface area contributed by atoms with Gasteiger partial charge in [0.05, 0.1) is 17.6 Å². The van der Waals surface area contributed by atoms with E-state index in [0.717, 1.165) is 21.8 Å². The smallest absolute Gasteiger partial charge is 0.249 e. The molecule has 0 spiro atoms. The van der Waals surface area contributed by atoms with Crippen LogP contribution in [0.5, 0.6) is 0 Å². The third kappa shape index (κ3) is 2.31. The first-order valence-corrected chi connectivity index (χ1v) is 8.35. The predicted octanol–water partition coefficient (Wildman–Crippen LogP) is 4.46. The molecular formula is C18H12ClN2OS. The highest BCUT2D eigenvalue weighted by atomic mass is 35.5. The van der Waals surface area contributed by atoms with Crippen molar-refractivity contribution in [2.24, 2.45) is 5.73 Å². The minimum atomic E-state index is -0.436. The molecule has 0 unspecified atom stereocenters. The van der Waals surface area contributed by atoms with Gasteiger partial charge in [-0.25, -0.2) is 0 Å². The number of hydrogen-bond donors (Lipinski definition) is 1. The minimum absolute atomic E-state index is 0.436. The van der Waals surface area contributed by atoms with E-state index in [9.17, 15) is 4.79 Å². The van der Waals surface area contributed by atoms with E-state index >= 15 is 0 Å². The molecule has 1 amide bonds. The summed E-state index contributed by atoms with van der Waals surface area (Å²) in [6.07, 6.45) is 0. The van der Waals surface area contributed by atoms with Gasteiger partial charge in [-0.1, -0.05) is 23.7 Å². The molecule has 0 saturated carbocycles. The number of nitrogens with two attached hydrogens (primary N) is 1. The van der Waals surface area contributed by atoms with Crippen LogP contribution in [0.2, 0.25) is 5.02 Å². The second-order valence-electron chi connectivity index (χ2n) is 5.31. The maximum atomic E-state index is 11.8. The van der Waals surface area contributed by atoms with Crippen LogP contribution in [0.25, 0.3) is 21.8 Å². The third-order valence-corrected chi connectivity index (χ3v) is 5.00. The van der Waals surface area contributed by atoms with Gasteiger partial charge in [-0.15, -0.1) is 11.3 Å². The Bertz CT molecular complexity index is 1030. The molecule has 2 N–H and O–H groups in total. The highest BCUT2D eigenvalue weighted by Gasteiger charge is 2.17. The lowest BCUT2D eigenvalue weighted by atomic mass is 10.1. The summed E-state index contributed by atoms with van der Waals surface area (Å²) in [5.41, 5.74) is 7.98. The number of fused-ring (bicyclic) bond motifs is 3. The van der Waals surface area contributed by atoms with Gasteiger partial charge in [-0.2, -0.15) is 0 Å². The second kappa shape index (κ2) is 5.41. The molecule has 1 radical (unpaired) electrons. The Balaban J connectivity index is 2.11. The first-order chi connectivity index (χ1) is 11.1. The topological polar surface area (TPSA) is 48.0 Å². The van der Waals surface area contributed by atoms with Gasteiger partial charge in [-0.05, 0) is 41.8 Å². The van der Waals surface area contributed by atoms with Crippen LogP contribution in [0.4, 0.5) is 0 Å². The van der Waals surface area contributed by atoms with Crippen LogP contribution in [-0.4, -0.2) is 10.5 Å². The van der Waals surface area contributed by atoms with E-state index in [-0.39, 0.29) is 0 Å². The molecule has 4 rings (SSSR count). The first-order valence-electron chi connectivity index (χ1n) is 7.09. The van der Waals surface area contributed by atoms with Crippen LogP contribution in [-0.2, 0) is 6.54 Å². The number of benzene rings is 2. The summed E-state index contributed by atoms with van der Waals surface area (Å²) >= 11 is 7.87. The average molecular weight is 340 g/mol. The summed E-state index contributed by atoms with van der Waals surface area (Å²) in [6, 6.07) is 16.6. The largest absolute Gasteiger partial charge is 0.366 e. The van der Waals surface area contributed by atoms with Crippen molar-refractivity contribution >= 4 is 50.7 Å². The number of hydrogen-bond acceptors (Lipinski definition) is 2. The lowest BCUT2D eigenvalue weighted by Crippen LogP contribution is -2.11. The van der Waals surface area contributed by atoms with Gasteiger partial charge in [0, 0.05) is 26.2 Å². The van der Waals surface area contributed by atoms with Gasteiger partial charge < -0.3 is 10.3 Å². The predicted molar refractivity (Wildman–Crippen MR) is 95.2 cm³/mol. The molecule has 0 fully saturated rings. The maximum absolute atomic E-state index is 11.8. The SMILES string of the molecule is NC(=O)c1cccc2c1c1[c]cc(Cl)cc1n2Cc1cccs1. The fourth-order valence-electron chi connectivity index (χ4n) is 2.96. The second-order valence-corrected chi connectivity index (χ2v) is 6.78. The van der Waals surface area contributed by atoms with E-state index in [4.69, 9.17) is 17.3 Å². The minimum Gasteiger partial charge on any atom is -0.366 e. The Morgan fingerprint density at radius 2 is 2.13 bits per heavy atom. The summed E-state index contributed by atoms with van der Waals surface area (Å²) in [5, 5.41) is 4.38. The molecule has 0 aliphatic carbocycles. The third-order valence-electron chi connectivity index (χ3n) is 3.92. The van der Waals surface area contributed by atoms with Crippen LogP contribution in [0.1, 0.15) is 15.2 Å². The number of carbonyl (C=O) groups is 1. The Labute approximate surface area is 141 Å². The normalized spacial score (nSPS) is 11.3. The number of amides is 1. The van der Waals surface area contributed by atoms with E-state index in [0.29, 0.717) is 17.1 Å². The molecular weight excluding hydrogens is 328 g/mol. The Kier molecular flexibility index (Phi) is 3.36. The number of rotatable bonds is 3. The van der Waals surface area contributed by atoms with Gasteiger partial charge >= 0.3 is 0 Å². The van der Waals surface area contributed by atoms with Crippen molar-refractivity contribution in [1.29, 1.82) is 0 Å². The molecule has 2 aromatic carbocycles. The number of thiophene rings is 1. The van der Waals surface area contributed by atoms with Crippen molar-refractivity contribution in [1.82, 2.24) is 4.57 Å². The van der Waals surface area contributed by atoms with E-state index in [1.165, 1.54) is 4.88 Å². The zero-order valence-electron chi connectivity index (χ0n) is 12.0. The van der Waals surface area contributed by atoms with Crippen LogP contribution >= 0.6 is 22.9 Å². The van der Waals surface area contributed by atoms with E-state index in [2.05, 4.69) is 22.1 Å². The average Bonchev–Trinajstić information content (AvgIpc) is 3.14. The fraction of sp³-hybridized carbons (Fsp3) is 0.0556. The number of aromatic nitrogens is 1. The number of primary amides is 1. The van der Waals surface area contributed by atoms with Crippen molar-refractivity contribution < 1.29 is 4.79 Å².